The maximum atomic E-state index is 5.19. The molecule has 0 amide bonds. The number of hydrogen-bond acceptors (Lipinski definition) is 2. The third-order valence-electron chi connectivity index (χ3n) is 1.55. The van der Waals surface area contributed by atoms with Gasteiger partial charge in [0.1, 0.15) is 0 Å². The fourth-order valence-electron chi connectivity index (χ4n) is 1.04. The Kier molecular flexibility index (Phi) is 1.95. The number of allylic oxidation sites excluding steroid dienone is 1. The molecule has 0 radical (unpaired) electrons. The van der Waals surface area contributed by atoms with Gasteiger partial charge >= 0.3 is 70.8 Å². The zero-order chi connectivity index (χ0) is 6.81. The first-order valence-corrected chi connectivity index (χ1v) is 5.50. The Labute approximate surface area is 70.9 Å². The molecular formula is C7H9INO-. The van der Waals surface area contributed by atoms with Crippen molar-refractivity contribution in [2.45, 2.75) is 6.42 Å². The van der Waals surface area contributed by atoms with Crippen LogP contribution in [0.4, 0.5) is 0 Å². The van der Waals surface area contributed by atoms with Crippen molar-refractivity contribution in [1.82, 2.24) is 3.53 Å². The van der Waals surface area contributed by atoms with Crippen LogP contribution in [-0.4, -0.2) is 13.2 Å². The van der Waals surface area contributed by atoms with Crippen molar-refractivity contribution in [1.29, 1.82) is 0 Å². The SMILES string of the molecule is C1=C2CCN[I-]C2=CCO1. The molecule has 0 unspecified atom stereocenters. The molecule has 2 aliphatic heterocycles. The minimum atomic E-state index is 0.116. The van der Waals surface area contributed by atoms with Crippen molar-refractivity contribution in [2.24, 2.45) is 0 Å². The molecule has 0 aromatic carbocycles. The summed E-state index contributed by atoms with van der Waals surface area (Å²) in [5.41, 5.74) is 1.43. The first kappa shape index (κ1) is 6.67. The summed E-state index contributed by atoms with van der Waals surface area (Å²) in [6, 6.07) is 0. The predicted molar refractivity (Wildman–Crippen MR) is 34.7 cm³/mol. The molecule has 1 fully saturated rings. The van der Waals surface area contributed by atoms with Crippen molar-refractivity contribution < 1.29 is 26.2 Å². The van der Waals surface area contributed by atoms with Crippen molar-refractivity contribution in [3.8, 4) is 0 Å². The molecule has 0 aromatic heterocycles. The van der Waals surface area contributed by atoms with Gasteiger partial charge in [-0.25, -0.2) is 0 Å². The summed E-state index contributed by atoms with van der Waals surface area (Å²) in [6.07, 6.45) is 5.27. The van der Waals surface area contributed by atoms with Gasteiger partial charge in [-0.1, -0.05) is 0 Å². The van der Waals surface area contributed by atoms with Gasteiger partial charge in [-0.2, -0.15) is 0 Å². The van der Waals surface area contributed by atoms with Crippen LogP contribution in [0.3, 0.4) is 0 Å². The molecule has 0 bridgehead atoms. The van der Waals surface area contributed by atoms with Gasteiger partial charge < -0.3 is 0 Å². The molecule has 2 rings (SSSR count). The second kappa shape index (κ2) is 2.92. The van der Waals surface area contributed by atoms with Crippen LogP contribution in [0, 0.1) is 0 Å². The Morgan fingerprint density at radius 2 is 2.60 bits per heavy atom. The van der Waals surface area contributed by atoms with Crippen LogP contribution in [0.1, 0.15) is 6.42 Å². The summed E-state index contributed by atoms with van der Waals surface area (Å²) in [5, 5.41) is 0. The summed E-state index contributed by atoms with van der Waals surface area (Å²) < 4.78 is 10.2. The van der Waals surface area contributed by atoms with Crippen LogP contribution < -0.4 is 25.0 Å². The van der Waals surface area contributed by atoms with E-state index >= 15 is 0 Å². The molecule has 56 valence electrons. The van der Waals surface area contributed by atoms with Gasteiger partial charge in [0.05, 0.1) is 0 Å². The summed E-state index contributed by atoms with van der Waals surface area (Å²) >= 11 is 0.116. The number of halogens is 1. The Morgan fingerprint density at radius 3 is 3.50 bits per heavy atom. The molecule has 1 saturated heterocycles. The monoisotopic (exact) mass is 250 g/mol. The zero-order valence-corrected chi connectivity index (χ0v) is 7.72. The number of rotatable bonds is 0. The molecule has 1 N–H and O–H groups in total. The van der Waals surface area contributed by atoms with Gasteiger partial charge in [0.15, 0.2) is 0 Å². The summed E-state index contributed by atoms with van der Waals surface area (Å²) in [5.74, 6) is 0. The Hall–Kier alpha value is -0.0300. The standard InChI is InChI=1S/C7H9INO/c1-3-9-8-7-2-4-10-5-6(1)7/h2,5,9H,1,3-4H2/q-1. The van der Waals surface area contributed by atoms with E-state index in [1.54, 1.807) is 0 Å². The molecule has 0 aromatic rings. The van der Waals surface area contributed by atoms with E-state index in [-0.39, 0.29) is 21.5 Å². The van der Waals surface area contributed by atoms with Crippen LogP contribution in [0.15, 0.2) is 21.5 Å². The van der Waals surface area contributed by atoms with Gasteiger partial charge in [0.25, 0.3) is 0 Å². The van der Waals surface area contributed by atoms with E-state index in [4.69, 9.17) is 4.74 Å². The van der Waals surface area contributed by atoms with Gasteiger partial charge in [0, 0.05) is 0 Å². The zero-order valence-electron chi connectivity index (χ0n) is 5.56. The van der Waals surface area contributed by atoms with Crippen molar-refractivity contribution in [3.05, 3.63) is 21.5 Å². The number of fused-ring (bicyclic) bond motifs is 1. The van der Waals surface area contributed by atoms with Gasteiger partial charge in [-0.15, -0.1) is 0 Å². The molecule has 0 spiro atoms. The normalized spacial score (nSPS) is 24.8. The fraction of sp³-hybridized carbons (Fsp3) is 0.429. The maximum absolute atomic E-state index is 5.19. The second-order valence-electron chi connectivity index (χ2n) is 2.26. The second-order valence-corrected chi connectivity index (χ2v) is 4.72. The van der Waals surface area contributed by atoms with Gasteiger partial charge in [-0.3, -0.25) is 0 Å². The van der Waals surface area contributed by atoms with Crippen molar-refractivity contribution >= 4 is 0 Å². The number of ether oxygens (including phenoxy) is 1. The molecule has 0 saturated carbocycles. The molecule has 2 nitrogen and oxygen atoms in total. The van der Waals surface area contributed by atoms with Gasteiger partial charge in [0.2, 0.25) is 0 Å². The third kappa shape index (κ3) is 1.20. The Balaban J connectivity index is 2.19. The van der Waals surface area contributed by atoms with E-state index in [1.807, 2.05) is 6.26 Å². The van der Waals surface area contributed by atoms with E-state index in [1.165, 1.54) is 9.15 Å². The number of nitrogens with one attached hydrogen (secondary N) is 1. The van der Waals surface area contributed by atoms with Gasteiger partial charge in [-0.05, 0) is 0 Å². The molecule has 2 aliphatic rings. The molecule has 10 heavy (non-hydrogen) atoms. The first-order valence-electron chi connectivity index (χ1n) is 3.35. The average molecular weight is 250 g/mol. The summed E-state index contributed by atoms with van der Waals surface area (Å²) in [6.45, 7) is 1.92. The van der Waals surface area contributed by atoms with E-state index < -0.39 is 0 Å². The summed E-state index contributed by atoms with van der Waals surface area (Å²) in [7, 11) is 0. The molecule has 0 aliphatic carbocycles. The Bertz CT molecular complexity index is 176. The molecular weight excluding hydrogens is 241 g/mol. The van der Waals surface area contributed by atoms with Crippen molar-refractivity contribution in [3.63, 3.8) is 0 Å². The molecule has 2 heterocycles. The van der Waals surface area contributed by atoms with Crippen LogP contribution in [0.5, 0.6) is 0 Å². The molecule has 0 atom stereocenters. The number of hydrogen-bond donors (Lipinski definition) is 1. The topological polar surface area (TPSA) is 21.3 Å². The van der Waals surface area contributed by atoms with Crippen LogP contribution in [0.25, 0.3) is 0 Å². The minimum absolute atomic E-state index is 0.116. The molecule has 3 heteroatoms. The average Bonchev–Trinajstić information content (AvgIpc) is 2.05. The Morgan fingerprint density at radius 1 is 1.60 bits per heavy atom. The van der Waals surface area contributed by atoms with E-state index in [0.29, 0.717) is 0 Å². The first-order chi connectivity index (χ1) is 4.97. The van der Waals surface area contributed by atoms with E-state index in [0.717, 1.165) is 19.6 Å². The fourth-order valence-corrected chi connectivity index (χ4v) is 3.13. The van der Waals surface area contributed by atoms with Crippen LogP contribution >= 0.6 is 0 Å². The van der Waals surface area contributed by atoms with E-state index in [2.05, 4.69) is 9.61 Å². The summed E-state index contributed by atoms with van der Waals surface area (Å²) in [4.78, 5) is 0. The third-order valence-corrected chi connectivity index (χ3v) is 4.18. The predicted octanol–water partition coefficient (Wildman–Crippen LogP) is -2.22. The quantitative estimate of drug-likeness (QED) is 0.388. The van der Waals surface area contributed by atoms with Crippen LogP contribution in [-0.2, 0) is 4.74 Å². The van der Waals surface area contributed by atoms with Crippen LogP contribution in [0.2, 0.25) is 0 Å². The van der Waals surface area contributed by atoms with Crippen molar-refractivity contribution in [2.75, 3.05) is 13.2 Å². The van der Waals surface area contributed by atoms with E-state index in [9.17, 15) is 0 Å².